The first-order valence-corrected chi connectivity index (χ1v) is 9.36. The fourth-order valence-electron chi connectivity index (χ4n) is 3.35. The number of halogens is 3. The number of hydrogen-bond acceptors (Lipinski definition) is 6. The predicted molar refractivity (Wildman–Crippen MR) is 107 cm³/mol. The Morgan fingerprint density at radius 3 is 2.83 bits per heavy atom. The van der Waals surface area contributed by atoms with Gasteiger partial charge in [-0.2, -0.15) is 13.2 Å². The fraction of sp³-hybridized carbons (Fsp3) is 0.300. The van der Waals surface area contributed by atoms with Gasteiger partial charge in [0.1, 0.15) is 17.5 Å². The summed E-state index contributed by atoms with van der Waals surface area (Å²) < 4.78 is 40.3. The van der Waals surface area contributed by atoms with Crippen molar-refractivity contribution < 1.29 is 13.2 Å². The highest BCUT2D eigenvalue weighted by Gasteiger charge is 2.30. The first-order chi connectivity index (χ1) is 14.3. The second kappa shape index (κ2) is 7.86. The fourth-order valence-corrected chi connectivity index (χ4v) is 3.35. The van der Waals surface area contributed by atoms with Crippen LogP contribution in [-0.4, -0.2) is 32.6 Å². The van der Waals surface area contributed by atoms with Crippen LogP contribution in [0.4, 0.5) is 19.0 Å². The van der Waals surface area contributed by atoms with E-state index in [2.05, 4.69) is 25.6 Å². The highest BCUT2D eigenvalue weighted by molar-refractivity contribution is 5.84. The molecule has 1 aliphatic heterocycles. The Kier molecular flexibility index (Phi) is 5.25. The average molecular weight is 416 g/mol. The van der Waals surface area contributed by atoms with Crippen molar-refractivity contribution >= 4 is 22.6 Å². The number of anilines is 1. The Morgan fingerprint density at radius 2 is 2.10 bits per heavy atom. The lowest BCUT2D eigenvalue weighted by atomic mass is 10.1. The molecule has 0 amide bonds. The molecular formula is C20H19F3N6O. The molecule has 1 aromatic carbocycles. The summed E-state index contributed by atoms with van der Waals surface area (Å²) >= 11 is 0. The number of benzene rings is 1. The molecule has 30 heavy (non-hydrogen) atoms. The third-order valence-corrected chi connectivity index (χ3v) is 4.93. The van der Waals surface area contributed by atoms with Gasteiger partial charge in [-0.15, -0.1) is 0 Å². The number of rotatable bonds is 4. The largest absolute Gasteiger partial charge is 0.416 e. The molecule has 0 aliphatic carbocycles. The smallest absolute Gasteiger partial charge is 0.364 e. The van der Waals surface area contributed by atoms with Crippen LogP contribution < -0.4 is 16.2 Å². The van der Waals surface area contributed by atoms with Gasteiger partial charge in [-0.25, -0.2) is 15.0 Å². The van der Waals surface area contributed by atoms with Crippen LogP contribution in [-0.2, 0) is 19.8 Å². The van der Waals surface area contributed by atoms with Gasteiger partial charge in [-0.1, -0.05) is 18.2 Å². The number of nitrogens with zero attached hydrogens (tertiary/aromatic N) is 4. The van der Waals surface area contributed by atoms with E-state index in [0.717, 1.165) is 24.3 Å². The standard InChI is InChI=1S/C20H19F3N6O/c1-29-18-16(28-15(19(29)30)13-5-7-24-8-6-13)17(26-11-27-18)25-10-12-3-2-4-14(9-12)20(21,22)23/h2-5,9,11,24H,6-8,10H2,1H3,(H,25,26,27). The normalized spacial score (nSPS) is 14.6. The summed E-state index contributed by atoms with van der Waals surface area (Å²) in [6.45, 7) is 1.52. The molecule has 0 unspecified atom stereocenters. The van der Waals surface area contributed by atoms with E-state index in [1.54, 1.807) is 13.1 Å². The molecule has 0 radical (unpaired) electrons. The van der Waals surface area contributed by atoms with Crippen molar-refractivity contribution in [3.63, 3.8) is 0 Å². The minimum absolute atomic E-state index is 0.114. The molecule has 2 aromatic heterocycles. The van der Waals surface area contributed by atoms with Gasteiger partial charge < -0.3 is 10.6 Å². The SMILES string of the molecule is Cn1c(=O)c(C2=CCNCC2)nc2c(NCc3cccc(C(F)(F)F)c3)ncnc21. The van der Waals surface area contributed by atoms with Gasteiger partial charge in [0.2, 0.25) is 0 Å². The molecule has 7 nitrogen and oxygen atoms in total. The van der Waals surface area contributed by atoms with Gasteiger partial charge in [0.05, 0.1) is 5.56 Å². The van der Waals surface area contributed by atoms with Gasteiger partial charge in [0.15, 0.2) is 11.5 Å². The van der Waals surface area contributed by atoms with Crippen LogP contribution in [0, 0.1) is 0 Å². The van der Waals surface area contributed by atoms with Gasteiger partial charge in [0, 0.05) is 20.1 Å². The molecule has 0 spiro atoms. The van der Waals surface area contributed by atoms with Crippen molar-refractivity contribution in [3.05, 3.63) is 63.8 Å². The first-order valence-electron chi connectivity index (χ1n) is 9.36. The summed E-state index contributed by atoms with van der Waals surface area (Å²) in [7, 11) is 1.61. The quantitative estimate of drug-likeness (QED) is 0.681. The molecule has 3 aromatic rings. The molecule has 4 rings (SSSR count). The molecule has 0 saturated heterocycles. The summed E-state index contributed by atoms with van der Waals surface area (Å²) in [5, 5.41) is 6.22. The van der Waals surface area contributed by atoms with E-state index in [-0.39, 0.29) is 12.1 Å². The minimum atomic E-state index is -4.41. The number of nitrogens with one attached hydrogen (secondary N) is 2. The Labute approximate surface area is 169 Å². The van der Waals surface area contributed by atoms with E-state index in [1.807, 2.05) is 6.08 Å². The number of fused-ring (bicyclic) bond motifs is 1. The van der Waals surface area contributed by atoms with Crippen LogP contribution in [0.2, 0.25) is 0 Å². The van der Waals surface area contributed by atoms with E-state index in [4.69, 9.17) is 0 Å². The monoisotopic (exact) mass is 416 g/mol. The number of alkyl halides is 3. The van der Waals surface area contributed by atoms with Crippen LogP contribution in [0.5, 0.6) is 0 Å². The minimum Gasteiger partial charge on any atom is -0.364 e. The van der Waals surface area contributed by atoms with Crippen molar-refractivity contribution in [2.75, 3.05) is 18.4 Å². The number of aryl methyl sites for hydroxylation is 1. The molecule has 10 heteroatoms. The van der Waals surface area contributed by atoms with Gasteiger partial charge in [0.25, 0.3) is 5.56 Å². The van der Waals surface area contributed by atoms with E-state index < -0.39 is 11.7 Å². The lowest BCUT2D eigenvalue weighted by Crippen LogP contribution is -2.27. The maximum atomic E-state index is 12.9. The first kappa shape index (κ1) is 20.0. The highest BCUT2D eigenvalue weighted by Crippen LogP contribution is 2.29. The summed E-state index contributed by atoms with van der Waals surface area (Å²) in [6.07, 6.45) is -0.511. The van der Waals surface area contributed by atoms with Crippen molar-refractivity contribution in [1.29, 1.82) is 0 Å². The van der Waals surface area contributed by atoms with Gasteiger partial charge in [-0.05, 0) is 36.2 Å². The second-order valence-electron chi connectivity index (χ2n) is 6.95. The third kappa shape index (κ3) is 3.90. The van der Waals surface area contributed by atoms with Crippen LogP contribution in [0.15, 0.2) is 41.5 Å². The zero-order valence-corrected chi connectivity index (χ0v) is 16.1. The van der Waals surface area contributed by atoms with Crippen molar-refractivity contribution in [2.45, 2.75) is 19.1 Å². The van der Waals surface area contributed by atoms with E-state index in [1.165, 1.54) is 17.0 Å². The van der Waals surface area contributed by atoms with E-state index >= 15 is 0 Å². The van der Waals surface area contributed by atoms with Crippen LogP contribution in [0.25, 0.3) is 16.7 Å². The average Bonchev–Trinajstić information content (AvgIpc) is 2.75. The molecule has 156 valence electrons. The summed E-state index contributed by atoms with van der Waals surface area (Å²) in [6, 6.07) is 5.08. The summed E-state index contributed by atoms with van der Waals surface area (Å²) in [5.74, 6) is 0.351. The maximum Gasteiger partial charge on any atom is 0.416 e. The van der Waals surface area contributed by atoms with E-state index in [9.17, 15) is 18.0 Å². The van der Waals surface area contributed by atoms with Crippen molar-refractivity contribution in [3.8, 4) is 0 Å². The molecule has 1 aliphatic rings. The lowest BCUT2D eigenvalue weighted by molar-refractivity contribution is -0.137. The van der Waals surface area contributed by atoms with Crippen LogP contribution in [0.3, 0.4) is 0 Å². The Hall–Kier alpha value is -3.27. The molecule has 2 N–H and O–H groups in total. The van der Waals surface area contributed by atoms with Gasteiger partial charge >= 0.3 is 6.18 Å². The molecule has 0 atom stereocenters. The summed E-state index contributed by atoms with van der Waals surface area (Å²) in [4.78, 5) is 25.6. The maximum absolute atomic E-state index is 12.9. The van der Waals surface area contributed by atoms with Gasteiger partial charge in [-0.3, -0.25) is 9.36 Å². The third-order valence-electron chi connectivity index (χ3n) is 4.93. The number of aromatic nitrogens is 4. The highest BCUT2D eigenvalue weighted by atomic mass is 19.4. The van der Waals surface area contributed by atoms with E-state index in [0.29, 0.717) is 41.2 Å². The van der Waals surface area contributed by atoms with Crippen molar-refractivity contribution in [1.82, 2.24) is 24.8 Å². The molecule has 0 bridgehead atoms. The molecule has 0 saturated carbocycles. The summed E-state index contributed by atoms with van der Waals surface area (Å²) in [5.41, 5.74) is 1.41. The Bertz CT molecular complexity index is 1190. The zero-order valence-electron chi connectivity index (χ0n) is 16.1. The predicted octanol–water partition coefficient (Wildman–Crippen LogP) is 2.73. The Morgan fingerprint density at radius 1 is 1.27 bits per heavy atom. The van der Waals surface area contributed by atoms with Crippen LogP contribution >= 0.6 is 0 Å². The molecule has 3 heterocycles. The number of hydrogen-bond donors (Lipinski definition) is 2. The van der Waals surface area contributed by atoms with Crippen LogP contribution in [0.1, 0.15) is 23.2 Å². The van der Waals surface area contributed by atoms with Crippen molar-refractivity contribution in [2.24, 2.45) is 7.05 Å². The topological polar surface area (TPSA) is 84.7 Å². The molecule has 0 fully saturated rings. The second-order valence-corrected chi connectivity index (χ2v) is 6.95. The Balaban J connectivity index is 1.70. The lowest BCUT2D eigenvalue weighted by Gasteiger charge is -2.16. The molecular weight excluding hydrogens is 397 g/mol. The zero-order chi connectivity index (χ0) is 21.3.